The van der Waals surface area contributed by atoms with Crippen molar-refractivity contribution in [3.8, 4) is 0 Å². The molecule has 0 saturated carbocycles. The smallest absolute Gasteiger partial charge is 0.265 e. The lowest BCUT2D eigenvalue weighted by molar-refractivity contribution is -0.116. The molecule has 0 fully saturated rings. The summed E-state index contributed by atoms with van der Waals surface area (Å²) in [6.07, 6.45) is 3.62. The summed E-state index contributed by atoms with van der Waals surface area (Å²) in [5, 5.41) is 2.05. The summed E-state index contributed by atoms with van der Waals surface area (Å²) in [6, 6.07) is 0. The zero-order chi connectivity index (χ0) is 7.84. The Hall–Kier alpha value is -0.540. The number of rotatable bonds is 0. The van der Waals surface area contributed by atoms with Gasteiger partial charge < -0.3 is 0 Å². The van der Waals surface area contributed by atoms with E-state index in [0.717, 1.165) is 5.57 Å². The van der Waals surface area contributed by atoms with Crippen LogP contribution in [0.15, 0.2) is 28.1 Å². The number of carbonyl (C=O) groups excluding carboxylic acids is 1. The molecule has 0 spiro atoms. The van der Waals surface area contributed by atoms with Crippen LogP contribution in [0.4, 0.5) is 0 Å². The minimum atomic E-state index is -0.150. The zero-order valence-electron chi connectivity index (χ0n) is 5.45. The van der Waals surface area contributed by atoms with Crippen LogP contribution in [0.25, 0.3) is 0 Å². The Bertz CT molecular complexity index is 306. The maximum absolute atomic E-state index is 11.1. The number of carbonyl (C=O) groups is 1. The summed E-state index contributed by atoms with van der Waals surface area (Å²) >= 11 is 7.06. The van der Waals surface area contributed by atoms with E-state index in [9.17, 15) is 4.79 Å². The first-order valence-corrected chi connectivity index (χ1v) is 4.41. The molecule has 4 heteroatoms. The Labute approximate surface area is 73.0 Å². The van der Waals surface area contributed by atoms with Gasteiger partial charge in [0.15, 0.2) is 0 Å². The van der Waals surface area contributed by atoms with E-state index in [-0.39, 0.29) is 16.3 Å². The van der Waals surface area contributed by atoms with Crippen molar-refractivity contribution in [1.29, 1.82) is 0 Å². The first-order chi connectivity index (χ1) is 5.27. The first kappa shape index (κ1) is 7.13. The molecule has 2 aliphatic heterocycles. The molecule has 1 atom stereocenters. The Morgan fingerprint density at radius 2 is 2.45 bits per heavy atom. The largest absolute Gasteiger partial charge is 0.271 e. The number of hydrogen-bond acceptors (Lipinski definition) is 2. The minimum absolute atomic E-state index is 0.127. The normalized spacial score (nSPS) is 28.1. The number of allylic oxidation sites excluding steroid dienone is 2. The van der Waals surface area contributed by atoms with Gasteiger partial charge in [0.1, 0.15) is 10.4 Å². The number of halogens is 1. The average Bonchev–Trinajstić information content (AvgIpc) is 2.34. The molecule has 0 N–H and O–H groups in total. The molecule has 2 heterocycles. The van der Waals surface area contributed by atoms with Gasteiger partial charge >= 0.3 is 0 Å². The van der Waals surface area contributed by atoms with Gasteiger partial charge in [-0.25, -0.2) is 4.99 Å². The van der Waals surface area contributed by atoms with Crippen LogP contribution in [0.1, 0.15) is 0 Å². The lowest BCUT2D eigenvalue weighted by atomic mass is 10.1. The van der Waals surface area contributed by atoms with Crippen molar-refractivity contribution in [1.82, 2.24) is 0 Å². The number of aliphatic imine (C=N–C) groups is 1. The van der Waals surface area contributed by atoms with E-state index in [1.54, 1.807) is 6.08 Å². The number of dihydropyridines is 1. The average molecular weight is 186 g/mol. The van der Waals surface area contributed by atoms with Crippen LogP contribution in [0.5, 0.6) is 0 Å². The SMILES string of the molecule is O=C1N=C(Cl)C=C2C=CSC12. The predicted molar refractivity (Wildman–Crippen MR) is 46.9 cm³/mol. The molecular weight excluding hydrogens is 182 g/mol. The highest BCUT2D eigenvalue weighted by Crippen LogP contribution is 2.32. The van der Waals surface area contributed by atoms with Crippen molar-refractivity contribution in [2.75, 3.05) is 0 Å². The van der Waals surface area contributed by atoms with Gasteiger partial charge in [0.25, 0.3) is 5.91 Å². The second kappa shape index (κ2) is 2.50. The molecule has 0 saturated heterocycles. The summed E-state index contributed by atoms with van der Waals surface area (Å²) in [7, 11) is 0. The van der Waals surface area contributed by atoms with Crippen LogP contribution in [-0.2, 0) is 4.79 Å². The van der Waals surface area contributed by atoms with Crippen molar-refractivity contribution in [3.63, 3.8) is 0 Å². The van der Waals surface area contributed by atoms with Gasteiger partial charge in [0.2, 0.25) is 0 Å². The highest BCUT2D eigenvalue weighted by atomic mass is 35.5. The van der Waals surface area contributed by atoms with Gasteiger partial charge in [-0.1, -0.05) is 17.7 Å². The van der Waals surface area contributed by atoms with E-state index in [1.807, 2.05) is 11.5 Å². The van der Waals surface area contributed by atoms with E-state index in [0.29, 0.717) is 0 Å². The number of hydrogen-bond donors (Lipinski definition) is 0. The maximum Gasteiger partial charge on any atom is 0.265 e. The number of fused-ring (bicyclic) bond motifs is 1. The van der Waals surface area contributed by atoms with Gasteiger partial charge in [0.05, 0.1) is 0 Å². The fourth-order valence-corrected chi connectivity index (χ4v) is 2.10. The van der Waals surface area contributed by atoms with Gasteiger partial charge in [-0.05, 0) is 17.1 Å². The molecule has 0 aromatic carbocycles. The highest BCUT2D eigenvalue weighted by Gasteiger charge is 2.27. The summed E-state index contributed by atoms with van der Waals surface area (Å²) in [6.45, 7) is 0. The Morgan fingerprint density at radius 1 is 1.64 bits per heavy atom. The second-order valence-electron chi connectivity index (χ2n) is 2.24. The van der Waals surface area contributed by atoms with E-state index >= 15 is 0 Å². The van der Waals surface area contributed by atoms with Gasteiger partial charge in [0, 0.05) is 0 Å². The lowest BCUT2D eigenvalue weighted by Gasteiger charge is -2.10. The fourth-order valence-electron chi connectivity index (χ4n) is 1.02. The Kier molecular flexibility index (Phi) is 1.62. The summed E-state index contributed by atoms with van der Waals surface area (Å²) in [5.74, 6) is -0.150. The number of amides is 1. The topological polar surface area (TPSA) is 29.4 Å². The molecule has 0 aromatic rings. The third-order valence-corrected chi connectivity index (χ3v) is 2.74. The van der Waals surface area contributed by atoms with Crippen LogP contribution in [-0.4, -0.2) is 16.3 Å². The lowest BCUT2D eigenvalue weighted by Crippen LogP contribution is -2.18. The minimum Gasteiger partial charge on any atom is -0.271 e. The van der Waals surface area contributed by atoms with Gasteiger partial charge in [-0.15, -0.1) is 11.8 Å². The molecule has 2 nitrogen and oxygen atoms in total. The van der Waals surface area contributed by atoms with Crippen molar-refractivity contribution < 1.29 is 4.79 Å². The summed E-state index contributed by atoms with van der Waals surface area (Å²) in [4.78, 5) is 14.7. The second-order valence-corrected chi connectivity index (χ2v) is 3.64. The van der Waals surface area contributed by atoms with Gasteiger partial charge in [-0.2, -0.15) is 0 Å². The van der Waals surface area contributed by atoms with Crippen molar-refractivity contribution in [2.45, 2.75) is 5.25 Å². The molecule has 0 aliphatic carbocycles. The van der Waals surface area contributed by atoms with E-state index in [1.165, 1.54) is 11.8 Å². The third kappa shape index (κ3) is 1.14. The van der Waals surface area contributed by atoms with Crippen molar-refractivity contribution in [3.05, 3.63) is 23.1 Å². The van der Waals surface area contributed by atoms with Gasteiger partial charge in [-0.3, -0.25) is 4.79 Å². The molecular formula is C7H4ClNOS. The standard InChI is InChI=1S/C7H4ClNOS/c8-5-3-4-1-2-11-6(4)7(10)9-5/h1-3,6H. The molecule has 1 amide bonds. The van der Waals surface area contributed by atoms with Crippen LogP contribution in [0.3, 0.4) is 0 Å². The quantitative estimate of drug-likeness (QED) is 0.575. The molecule has 11 heavy (non-hydrogen) atoms. The van der Waals surface area contributed by atoms with E-state index in [4.69, 9.17) is 11.6 Å². The van der Waals surface area contributed by atoms with Crippen molar-refractivity contribution in [2.24, 2.45) is 4.99 Å². The Morgan fingerprint density at radius 3 is 3.27 bits per heavy atom. The molecule has 2 rings (SSSR count). The summed E-state index contributed by atoms with van der Waals surface area (Å²) in [5.41, 5.74) is 0.958. The van der Waals surface area contributed by atoms with Crippen LogP contribution >= 0.6 is 23.4 Å². The predicted octanol–water partition coefficient (Wildman–Crippen LogP) is 1.72. The van der Waals surface area contributed by atoms with Crippen LogP contribution in [0, 0.1) is 0 Å². The van der Waals surface area contributed by atoms with Crippen LogP contribution < -0.4 is 0 Å². The zero-order valence-corrected chi connectivity index (χ0v) is 7.02. The third-order valence-electron chi connectivity index (χ3n) is 1.50. The van der Waals surface area contributed by atoms with E-state index < -0.39 is 0 Å². The Balaban J connectivity index is 2.42. The molecule has 0 radical (unpaired) electrons. The molecule has 2 aliphatic rings. The number of nitrogens with zero attached hydrogens (tertiary/aromatic N) is 1. The highest BCUT2D eigenvalue weighted by molar-refractivity contribution is 8.03. The molecule has 0 aromatic heterocycles. The first-order valence-electron chi connectivity index (χ1n) is 3.09. The maximum atomic E-state index is 11.1. The molecule has 56 valence electrons. The van der Waals surface area contributed by atoms with Crippen LogP contribution in [0.2, 0.25) is 0 Å². The van der Waals surface area contributed by atoms with Crippen molar-refractivity contribution >= 4 is 34.4 Å². The van der Waals surface area contributed by atoms with E-state index in [2.05, 4.69) is 4.99 Å². The summed E-state index contributed by atoms with van der Waals surface area (Å²) < 4.78 is 0. The molecule has 1 unspecified atom stereocenters. The molecule has 0 bridgehead atoms. The monoisotopic (exact) mass is 185 g/mol. The number of thioether (sulfide) groups is 1. The fraction of sp³-hybridized carbons (Fsp3) is 0.143.